The van der Waals surface area contributed by atoms with Crippen molar-refractivity contribution in [3.8, 4) is 0 Å². The molecule has 0 aliphatic rings. The number of rotatable bonds is 3. The number of nitrogens with two attached hydrogens (primary N) is 1. The van der Waals surface area contributed by atoms with E-state index in [4.69, 9.17) is 5.73 Å². The summed E-state index contributed by atoms with van der Waals surface area (Å²) in [5, 5.41) is 2.04. The zero-order chi connectivity index (χ0) is 8.85. The van der Waals surface area contributed by atoms with Crippen molar-refractivity contribution in [2.75, 3.05) is 0 Å². The van der Waals surface area contributed by atoms with E-state index in [-0.39, 0.29) is 11.8 Å². The number of primary amides is 1. The third-order valence-corrected chi connectivity index (χ3v) is 1.60. The van der Waals surface area contributed by atoms with Crippen LogP contribution in [-0.4, -0.2) is 11.9 Å². The summed E-state index contributed by atoms with van der Waals surface area (Å²) in [7, 11) is 0. The van der Waals surface area contributed by atoms with Gasteiger partial charge in [-0.15, -0.1) is 0 Å². The van der Waals surface area contributed by atoms with Crippen LogP contribution in [0, 0.1) is 5.92 Å². The highest BCUT2D eigenvalue weighted by Gasteiger charge is 2.14. The maximum atomic E-state index is 11.0. The molecule has 4 nitrogen and oxygen atoms in total. The van der Waals surface area contributed by atoms with Gasteiger partial charge in [-0.2, -0.15) is 0 Å². The third-order valence-electron chi connectivity index (χ3n) is 1.60. The summed E-state index contributed by atoms with van der Waals surface area (Å²) in [6, 6.07) is -0.776. The van der Waals surface area contributed by atoms with Crippen molar-refractivity contribution in [3.63, 3.8) is 0 Å². The van der Waals surface area contributed by atoms with Crippen molar-refractivity contribution in [2.24, 2.45) is 11.7 Å². The number of hydrogen-bond donors (Lipinski definition) is 2. The number of nitrogens with one attached hydrogen (secondary N) is 1. The van der Waals surface area contributed by atoms with Crippen molar-refractivity contribution in [3.05, 3.63) is 0 Å². The van der Waals surface area contributed by atoms with Gasteiger partial charge in [0.15, 0.2) is 0 Å². The Hall–Kier alpha value is -1.06. The Morgan fingerprint density at radius 2 is 1.82 bits per heavy atom. The van der Waals surface area contributed by atoms with E-state index in [0.29, 0.717) is 0 Å². The Labute approximate surface area is 66.1 Å². The molecule has 4 heteroatoms. The standard InChI is InChI=1S/C7H14N2O2/c1-3-5(4-2)6(10)9-7(8)11/h5H,3-4H2,1-2H3,(H3,8,9,10,11). The number of urea groups is 1. The molecule has 0 aliphatic heterocycles. The molecule has 0 spiro atoms. The van der Waals surface area contributed by atoms with Gasteiger partial charge in [0.1, 0.15) is 0 Å². The molecule has 0 bridgehead atoms. The summed E-state index contributed by atoms with van der Waals surface area (Å²) >= 11 is 0. The lowest BCUT2D eigenvalue weighted by atomic mass is 10.0. The van der Waals surface area contributed by atoms with Gasteiger partial charge in [-0.1, -0.05) is 13.8 Å². The molecule has 3 amide bonds. The van der Waals surface area contributed by atoms with Crippen molar-refractivity contribution in [1.82, 2.24) is 5.32 Å². The molecule has 0 aromatic rings. The van der Waals surface area contributed by atoms with Crippen molar-refractivity contribution in [1.29, 1.82) is 0 Å². The van der Waals surface area contributed by atoms with E-state index in [1.165, 1.54) is 0 Å². The molecule has 0 aliphatic carbocycles. The van der Waals surface area contributed by atoms with Crippen molar-refractivity contribution < 1.29 is 9.59 Å². The first-order valence-corrected chi connectivity index (χ1v) is 3.72. The van der Waals surface area contributed by atoms with Crippen LogP contribution in [0.2, 0.25) is 0 Å². The van der Waals surface area contributed by atoms with Crippen LogP contribution >= 0.6 is 0 Å². The molecule has 0 saturated carbocycles. The van der Waals surface area contributed by atoms with Gasteiger partial charge in [-0.25, -0.2) is 4.79 Å². The molecule has 0 fully saturated rings. The predicted octanol–water partition coefficient (Wildman–Crippen LogP) is 0.618. The summed E-state index contributed by atoms with van der Waals surface area (Å²) in [5.41, 5.74) is 4.77. The predicted molar refractivity (Wildman–Crippen MR) is 41.8 cm³/mol. The minimum Gasteiger partial charge on any atom is -0.351 e. The van der Waals surface area contributed by atoms with Gasteiger partial charge in [0.05, 0.1) is 0 Å². The minimum atomic E-state index is -0.776. The molecule has 0 saturated heterocycles. The SMILES string of the molecule is CCC(CC)C(=O)NC(N)=O. The van der Waals surface area contributed by atoms with Crippen LogP contribution in [0.5, 0.6) is 0 Å². The van der Waals surface area contributed by atoms with Gasteiger partial charge < -0.3 is 5.73 Å². The Balaban J connectivity index is 3.89. The smallest absolute Gasteiger partial charge is 0.318 e. The molecule has 0 rings (SSSR count). The molecular formula is C7H14N2O2. The van der Waals surface area contributed by atoms with Crippen LogP contribution in [-0.2, 0) is 4.79 Å². The topological polar surface area (TPSA) is 72.2 Å². The first-order chi connectivity index (χ1) is 5.11. The molecule has 0 aromatic carbocycles. The Bertz CT molecular complexity index is 153. The van der Waals surface area contributed by atoms with Crippen LogP contribution in [0.4, 0.5) is 4.79 Å². The number of carbonyl (C=O) groups excluding carboxylic acids is 2. The first kappa shape index (κ1) is 9.94. The third kappa shape index (κ3) is 3.60. The van der Waals surface area contributed by atoms with Crippen molar-refractivity contribution in [2.45, 2.75) is 26.7 Å². The lowest BCUT2D eigenvalue weighted by molar-refractivity contribution is -0.124. The van der Waals surface area contributed by atoms with Crippen LogP contribution in [0.1, 0.15) is 26.7 Å². The summed E-state index contributed by atoms with van der Waals surface area (Å²) < 4.78 is 0. The van der Waals surface area contributed by atoms with Gasteiger partial charge in [-0.05, 0) is 12.8 Å². The number of carbonyl (C=O) groups is 2. The highest BCUT2D eigenvalue weighted by molar-refractivity contribution is 5.94. The van der Waals surface area contributed by atoms with E-state index in [2.05, 4.69) is 0 Å². The Kier molecular flexibility index (Phi) is 4.26. The second kappa shape index (κ2) is 4.71. The first-order valence-electron chi connectivity index (χ1n) is 3.72. The number of amides is 3. The van der Waals surface area contributed by atoms with Crippen molar-refractivity contribution >= 4 is 11.9 Å². The van der Waals surface area contributed by atoms with Gasteiger partial charge >= 0.3 is 6.03 Å². The lowest BCUT2D eigenvalue weighted by Crippen LogP contribution is -2.38. The van der Waals surface area contributed by atoms with E-state index in [1.807, 2.05) is 19.2 Å². The van der Waals surface area contributed by atoms with Gasteiger partial charge in [0.2, 0.25) is 5.91 Å². The molecule has 3 N–H and O–H groups in total. The van der Waals surface area contributed by atoms with Crippen LogP contribution < -0.4 is 11.1 Å². The summed E-state index contributed by atoms with van der Waals surface area (Å²) in [4.78, 5) is 21.2. The average molecular weight is 158 g/mol. The number of hydrogen-bond acceptors (Lipinski definition) is 2. The van der Waals surface area contributed by atoms with E-state index in [9.17, 15) is 9.59 Å². The van der Waals surface area contributed by atoms with Gasteiger partial charge in [0.25, 0.3) is 0 Å². The molecule has 0 radical (unpaired) electrons. The normalized spacial score (nSPS) is 9.73. The maximum absolute atomic E-state index is 11.0. The average Bonchev–Trinajstić information content (AvgIpc) is 1.88. The highest BCUT2D eigenvalue weighted by Crippen LogP contribution is 2.06. The minimum absolute atomic E-state index is 0.0949. The maximum Gasteiger partial charge on any atom is 0.318 e. The fourth-order valence-corrected chi connectivity index (χ4v) is 0.883. The van der Waals surface area contributed by atoms with Crippen LogP contribution in [0.3, 0.4) is 0 Å². The molecule has 0 unspecified atom stereocenters. The largest absolute Gasteiger partial charge is 0.351 e. The molecule has 0 aromatic heterocycles. The van der Waals surface area contributed by atoms with Gasteiger partial charge in [0, 0.05) is 5.92 Å². The summed E-state index contributed by atoms with van der Waals surface area (Å²) in [6.07, 6.45) is 1.46. The van der Waals surface area contributed by atoms with Crippen LogP contribution in [0.25, 0.3) is 0 Å². The molecule has 0 heterocycles. The fraction of sp³-hybridized carbons (Fsp3) is 0.714. The second-order valence-corrected chi connectivity index (χ2v) is 2.37. The van der Waals surface area contributed by atoms with E-state index >= 15 is 0 Å². The van der Waals surface area contributed by atoms with Crippen LogP contribution in [0.15, 0.2) is 0 Å². The quantitative estimate of drug-likeness (QED) is 0.631. The summed E-state index contributed by atoms with van der Waals surface area (Å²) in [6.45, 7) is 3.80. The Morgan fingerprint density at radius 3 is 2.09 bits per heavy atom. The zero-order valence-corrected chi connectivity index (χ0v) is 6.89. The Morgan fingerprint density at radius 1 is 1.36 bits per heavy atom. The second-order valence-electron chi connectivity index (χ2n) is 2.37. The fourth-order valence-electron chi connectivity index (χ4n) is 0.883. The molecule has 0 atom stereocenters. The van der Waals surface area contributed by atoms with E-state index < -0.39 is 6.03 Å². The highest BCUT2D eigenvalue weighted by atomic mass is 16.2. The zero-order valence-electron chi connectivity index (χ0n) is 6.89. The molecule has 64 valence electrons. The summed E-state index contributed by atoms with van der Waals surface area (Å²) in [5.74, 6) is -0.370. The number of imide groups is 1. The van der Waals surface area contributed by atoms with E-state index in [0.717, 1.165) is 12.8 Å². The molecular weight excluding hydrogens is 144 g/mol. The molecule has 11 heavy (non-hydrogen) atoms. The lowest BCUT2D eigenvalue weighted by Gasteiger charge is -2.09. The monoisotopic (exact) mass is 158 g/mol. The van der Waals surface area contributed by atoms with E-state index in [1.54, 1.807) is 0 Å². The van der Waals surface area contributed by atoms with Gasteiger partial charge in [-0.3, -0.25) is 10.1 Å².